The molecule has 0 bridgehead atoms. The second-order valence-corrected chi connectivity index (χ2v) is 4.28. The smallest absolute Gasteiger partial charge is 0.244 e. The summed E-state index contributed by atoms with van der Waals surface area (Å²) in [7, 11) is 5.26. The van der Waals surface area contributed by atoms with Gasteiger partial charge in [0.05, 0.1) is 11.4 Å². The Hall–Kier alpha value is -1.72. The molecular formula is C11H21N5O. The van der Waals surface area contributed by atoms with E-state index in [4.69, 9.17) is 5.73 Å². The fourth-order valence-corrected chi connectivity index (χ4v) is 1.68. The minimum Gasteiger partial charge on any atom is -0.394 e. The number of amides is 1. The zero-order chi connectivity index (χ0) is 13.2. The summed E-state index contributed by atoms with van der Waals surface area (Å²) in [5, 5.41) is 7.39. The first kappa shape index (κ1) is 13.3. The fourth-order valence-electron chi connectivity index (χ4n) is 1.68. The molecule has 0 saturated carbocycles. The Labute approximate surface area is 102 Å². The molecule has 1 amide bonds. The Balaban J connectivity index is 2.88. The summed E-state index contributed by atoms with van der Waals surface area (Å²) in [5.41, 5.74) is 7.43. The molecule has 1 rings (SSSR count). The zero-order valence-electron chi connectivity index (χ0n) is 11.1. The number of carbonyl (C=O) groups is 1. The number of nitrogens with zero attached hydrogens (tertiary/aromatic N) is 3. The van der Waals surface area contributed by atoms with Crippen LogP contribution in [0.2, 0.25) is 0 Å². The second-order valence-electron chi connectivity index (χ2n) is 4.28. The molecular weight excluding hydrogens is 218 g/mol. The number of likely N-dealkylation sites (N-methyl/N-ethyl adjacent to an activating group) is 1. The van der Waals surface area contributed by atoms with Gasteiger partial charge >= 0.3 is 0 Å². The molecule has 6 heteroatoms. The van der Waals surface area contributed by atoms with E-state index in [2.05, 4.69) is 10.4 Å². The summed E-state index contributed by atoms with van der Waals surface area (Å²) in [6.45, 7) is 3.80. The molecule has 1 heterocycles. The first-order valence-corrected chi connectivity index (χ1v) is 5.67. The molecule has 3 N–H and O–H groups in total. The molecule has 96 valence electrons. The van der Waals surface area contributed by atoms with Gasteiger partial charge in [0.15, 0.2) is 0 Å². The maximum absolute atomic E-state index is 11.7. The van der Waals surface area contributed by atoms with Crippen LogP contribution in [0.15, 0.2) is 0 Å². The third kappa shape index (κ3) is 2.69. The van der Waals surface area contributed by atoms with Crippen LogP contribution in [0.5, 0.6) is 0 Å². The highest BCUT2D eigenvalue weighted by Crippen LogP contribution is 2.23. The lowest BCUT2D eigenvalue weighted by molar-refractivity contribution is -0.129. The van der Waals surface area contributed by atoms with Crippen molar-refractivity contribution in [2.45, 2.75) is 26.3 Å². The molecule has 1 unspecified atom stereocenters. The maximum Gasteiger partial charge on any atom is 0.244 e. The van der Waals surface area contributed by atoms with Crippen LogP contribution in [-0.4, -0.2) is 40.7 Å². The van der Waals surface area contributed by atoms with Crippen molar-refractivity contribution in [1.82, 2.24) is 14.7 Å². The van der Waals surface area contributed by atoms with E-state index in [1.165, 1.54) is 0 Å². The average Bonchev–Trinajstić information content (AvgIpc) is 2.55. The number of hydrogen-bond acceptors (Lipinski definition) is 4. The number of nitrogens with one attached hydrogen (secondary N) is 1. The molecule has 0 aliphatic carbocycles. The van der Waals surface area contributed by atoms with E-state index in [1.54, 1.807) is 30.6 Å². The van der Waals surface area contributed by atoms with Gasteiger partial charge in [-0.3, -0.25) is 9.48 Å². The summed E-state index contributed by atoms with van der Waals surface area (Å²) in [5.74, 6) is 0.702. The first-order chi connectivity index (χ1) is 7.88. The van der Waals surface area contributed by atoms with Crippen LogP contribution < -0.4 is 11.1 Å². The van der Waals surface area contributed by atoms with Crippen LogP contribution >= 0.6 is 0 Å². The Morgan fingerprint density at radius 2 is 2.18 bits per heavy atom. The predicted octanol–water partition coefficient (Wildman–Crippen LogP) is 0.453. The van der Waals surface area contributed by atoms with Gasteiger partial charge in [0.25, 0.3) is 0 Å². The quantitative estimate of drug-likeness (QED) is 0.800. The molecule has 0 aliphatic rings. The maximum atomic E-state index is 11.7. The van der Waals surface area contributed by atoms with Crippen molar-refractivity contribution in [3.63, 3.8) is 0 Å². The summed E-state index contributed by atoms with van der Waals surface area (Å²) >= 11 is 0. The van der Waals surface area contributed by atoms with Crippen LogP contribution in [0, 0.1) is 0 Å². The highest BCUT2D eigenvalue weighted by Gasteiger charge is 2.19. The monoisotopic (exact) mass is 239 g/mol. The van der Waals surface area contributed by atoms with Crippen LogP contribution in [0.25, 0.3) is 0 Å². The van der Waals surface area contributed by atoms with Crippen molar-refractivity contribution in [3.8, 4) is 0 Å². The first-order valence-electron chi connectivity index (χ1n) is 5.67. The van der Waals surface area contributed by atoms with E-state index < -0.39 is 0 Å². The zero-order valence-corrected chi connectivity index (χ0v) is 11.1. The Kier molecular flexibility index (Phi) is 3.98. The molecule has 0 spiro atoms. The highest BCUT2D eigenvalue weighted by atomic mass is 16.2. The van der Waals surface area contributed by atoms with Gasteiger partial charge in [0.1, 0.15) is 11.9 Å². The van der Waals surface area contributed by atoms with Crippen molar-refractivity contribution in [2.24, 2.45) is 7.05 Å². The number of rotatable bonds is 4. The predicted molar refractivity (Wildman–Crippen MR) is 68.8 cm³/mol. The molecule has 0 fully saturated rings. The van der Waals surface area contributed by atoms with Crippen molar-refractivity contribution in [2.75, 3.05) is 25.1 Å². The van der Waals surface area contributed by atoms with Crippen molar-refractivity contribution in [3.05, 3.63) is 5.69 Å². The topological polar surface area (TPSA) is 76.2 Å². The van der Waals surface area contributed by atoms with E-state index in [0.29, 0.717) is 11.5 Å². The van der Waals surface area contributed by atoms with Gasteiger partial charge in [0, 0.05) is 21.1 Å². The lowest BCUT2D eigenvalue weighted by Crippen LogP contribution is -2.37. The van der Waals surface area contributed by atoms with E-state index in [-0.39, 0.29) is 11.9 Å². The Morgan fingerprint density at radius 1 is 1.59 bits per heavy atom. The number of hydrogen-bond donors (Lipinski definition) is 2. The highest BCUT2D eigenvalue weighted by molar-refractivity contribution is 5.84. The van der Waals surface area contributed by atoms with E-state index >= 15 is 0 Å². The normalized spacial score (nSPS) is 12.3. The largest absolute Gasteiger partial charge is 0.394 e. The standard InChI is InChI=1S/C11H21N5O/c1-6-8-9(12)10(16(5)14-8)13-7(2)11(17)15(3)4/h7,13H,6,12H2,1-5H3. The van der Waals surface area contributed by atoms with Gasteiger partial charge in [-0.05, 0) is 13.3 Å². The molecule has 1 aromatic rings. The summed E-state index contributed by atoms with van der Waals surface area (Å²) in [6, 6.07) is -0.326. The van der Waals surface area contributed by atoms with Crippen molar-refractivity contribution < 1.29 is 4.79 Å². The number of aromatic nitrogens is 2. The molecule has 6 nitrogen and oxygen atoms in total. The lowest BCUT2D eigenvalue weighted by atomic mass is 10.2. The number of anilines is 2. The second kappa shape index (κ2) is 5.07. The third-order valence-corrected chi connectivity index (χ3v) is 2.66. The molecule has 0 aliphatic heterocycles. The summed E-state index contributed by atoms with van der Waals surface area (Å²) < 4.78 is 1.67. The van der Waals surface area contributed by atoms with Gasteiger partial charge in [-0.1, -0.05) is 6.92 Å². The number of nitrogen functional groups attached to an aromatic ring is 1. The van der Waals surface area contributed by atoms with Gasteiger partial charge in [0.2, 0.25) is 5.91 Å². The molecule has 17 heavy (non-hydrogen) atoms. The third-order valence-electron chi connectivity index (χ3n) is 2.66. The molecule has 1 atom stereocenters. The minimum atomic E-state index is -0.326. The van der Waals surface area contributed by atoms with Crippen molar-refractivity contribution >= 4 is 17.4 Å². The van der Waals surface area contributed by atoms with E-state index in [0.717, 1.165) is 12.1 Å². The minimum absolute atomic E-state index is 0.00338. The SMILES string of the molecule is CCc1nn(C)c(NC(C)C(=O)N(C)C)c1N. The number of aryl methyl sites for hydroxylation is 2. The van der Waals surface area contributed by atoms with Gasteiger partial charge in [-0.2, -0.15) is 5.10 Å². The Morgan fingerprint density at radius 3 is 2.59 bits per heavy atom. The molecule has 0 radical (unpaired) electrons. The van der Waals surface area contributed by atoms with Crippen LogP contribution in [-0.2, 0) is 18.3 Å². The van der Waals surface area contributed by atoms with Gasteiger partial charge < -0.3 is 16.0 Å². The van der Waals surface area contributed by atoms with E-state index in [1.807, 2.05) is 14.0 Å². The van der Waals surface area contributed by atoms with Crippen LogP contribution in [0.3, 0.4) is 0 Å². The van der Waals surface area contributed by atoms with Gasteiger partial charge in [-0.15, -0.1) is 0 Å². The molecule has 0 saturated heterocycles. The summed E-state index contributed by atoms with van der Waals surface area (Å²) in [4.78, 5) is 13.3. The Bertz CT molecular complexity index is 410. The molecule has 1 aromatic heterocycles. The number of carbonyl (C=O) groups excluding carboxylic acids is 1. The molecule has 0 aromatic carbocycles. The summed E-state index contributed by atoms with van der Waals surface area (Å²) in [6.07, 6.45) is 0.775. The van der Waals surface area contributed by atoms with E-state index in [9.17, 15) is 4.79 Å². The lowest BCUT2D eigenvalue weighted by Gasteiger charge is -2.19. The average molecular weight is 239 g/mol. The number of nitrogens with two attached hydrogens (primary N) is 1. The van der Waals surface area contributed by atoms with Crippen LogP contribution in [0.4, 0.5) is 11.5 Å². The van der Waals surface area contributed by atoms with Crippen LogP contribution in [0.1, 0.15) is 19.5 Å². The fraction of sp³-hybridized carbons (Fsp3) is 0.636. The van der Waals surface area contributed by atoms with Crippen molar-refractivity contribution in [1.29, 1.82) is 0 Å². The van der Waals surface area contributed by atoms with Gasteiger partial charge in [-0.25, -0.2) is 0 Å².